The van der Waals surface area contributed by atoms with E-state index >= 15 is 0 Å². The van der Waals surface area contributed by atoms with Gasteiger partial charge in [0.05, 0.1) is 0 Å². The van der Waals surface area contributed by atoms with Crippen molar-refractivity contribution in [2.24, 2.45) is 0 Å². The van der Waals surface area contributed by atoms with Crippen molar-refractivity contribution in [3.63, 3.8) is 0 Å². The molecule has 1 heterocycles. The van der Waals surface area contributed by atoms with Crippen LogP contribution in [0.3, 0.4) is 0 Å². The van der Waals surface area contributed by atoms with E-state index in [4.69, 9.17) is 0 Å². The third-order valence-electron chi connectivity index (χ3n) is 3.10. The van der Waals surface area contributed by atoms with Crippen LogP contribution in [0.25, 0.3) is 10.9 Å². The van der Waals surface area contributed by atoms with Gasteiger partial charge in [0.15, 0.2) is 0 Å². The number of benzene rings is 1. The number of hydrogen-bond donors (Lipinski definition) is 0. The van der Waals surface area contributed by atoms with E-state index in [2.05, 4.69) is 6.07 Å². The molecule has 0 atom stereocenters. The minimum atomic E-state index is 0.177. The van der Waals surface area contributed by atoms with Crippen molar-refractivity contribution >= 4 is 16.8 Å². The van der Waals surface area contributed by atoms with Gasteiger partial charge in [-0.1, -0.05) is 18.2 Å². The van der Waals surface area contributed by atoms with Crippen molar-refractivity contribution in [1.29, 1.82) is 0 Å². The van der Waals surface area contributed by atoms with Crippen molar-refractivity contribution in [2.75, 3.05) is 13.1 Å². The average molecular weight is 230 g/mol. The van der Waals surface area contributed by atoms with E-state index in [0.29, 0.717) is 6.54 Å². The summed E-state index contributed by atoms with van der Waals surface area (Å²) in [6, 6.07) is 10.2. The molecule has 17 heavy (non-hydrogen) atoms. The summed E-state index contributed by atoms with van der Waals surface area (Å²) in [5.74, 6) is 0.177. The van der Waals surface area contributed by atoms with Gasteiger partial charge in [0.1, 0.15) is 6.54 Å². The van der Waals surface area contributed by atoms with Crippen molar-refractivity contribution in [1.82, 2.24) is 9.47 Å². The summed E-state index contributed by atoms with van der Waals surface area (Å²) in [5, 5.41) is 1.18. The molecule has 3 nitrogen and oxygen atoms in total. The summed E-state index contributed by atoms with van der Waals surface area (Å²) < 4.78 is 2.01. The number of hydrogen-bond acceptors (Lipinski definition) is 1. The highest BCUT2D eigenvalue weighted by atomic mass is 16.2. The number of nitrogens with zero attached hydrogens (tertiary/aromatic N) is 2. The topological polar surface area (TPSA) is 25.2 Å². The van der Waals surface area contributed by atoms with Gasteiger partial charge in [0.25, 0.3) is 0 Å². The van der Waals surface area contributed by atoms with Gasteiger partial charge in [-0.15, -0.1) is 0 Å². The monoisotopic (exact) mass is 230 g/mol. The summed E-state index contributed by atoms with van der Waals surface area (Å²) in [5.41, 5.74) is 1.12. The maximum atomic E-state index is 12.0. The van der Waals surface area contributed by atoms with E-state index in [0.717, 1.165) is 18.6 Å². The van der Waals surface area contributed by atoms with Gasteiger partial charge in [-0.2, -0.15) is 0 Å². The van der Waals surface area contributed by atoms with Gasteiger partial charge >= 0.3 is 0 Å². The molecule has 1 aromatic carbocycles. The Labute approximate surface area is 102 Å². The fourth-order valence-electron chi connectivity index (χ4n) is 2.10. The van der Waals surface area contributed by atoms with Gasteiger partial charge in [-0.25, -0.2) is 0 Å². The molecular weight excluding hydrogens is 212 g/mol. The van der Waals surface area contributed by atoms with Crippen LogP contribution in [0.15, 0.2) is 36.5 Å². The molecule has 2 aromatic rings. The first kappa shape index (κ1) is 11.7. The first-order chi connectivity index (χ1) is 8.26. The highest BCUT2D eigenvalue weighted by molar-refractivity contribution is 5.83. The average Bonchev–Trinajstić information content (AvgIpc) is 2.74. The van der Waals surface area contributed by atoms with Crippen LogP contribution in [0, 0.1) is 0 Å². The highest BCUT2D eigenvalue weighted by Crippen LogP contribution is 2.15. The van der Waals surface area contributed by atoms with Gasteiger partial charge in [-0.05, 0) is 31.4 Å². The van der Waals surface area contributed by atoms with Crippen LogP contribution in [0.1, 0.15) is 13.8 Å². The van der Waals surface area contributed by atoms with E-state index < -0.39 is 0 Å². The molecule has 0 aliphatic rings. The Bertz CT molecular complexity index is 512. The molecule has 1 amide bonds. The molecule has 3 heteroatoms. The van der Waals surface area contributed by atoms with Crippen LogP contribution >= 0.6 is 0 Å². The number of amides is 1. The van der Waals surface area contributed by atoms with E-state index in [-0.39, 0.29) is 5.91 Å². The van der Waals surface area contributed by atoms with Gasteiger partial charge in [0, 0.05) is 24.8 Å². The molecular formula is C14H18N2O. The maximum Gasteiger partial charge on any atom is 0.242 e. The summed E-state index contributed by atoms with van der Waals surface area (Å²) in [4.78, 5) is 13.9. The van der Waals surface area contributed by atoms with Crippen molar-refractivity contribution in [3.8, 4) is 0 Å². The molecule has 0 aliphatic carbocycles. The fourth-order valence-corrected chi connectivity index (χ4v) is 2.10. The second kappa shape index (κ2) is 5.04. The highest BCUT2D eigenvalue weighted by Gasteiger charge is 2.11. The lowest BCUT2D eigenvalue weighted by atomic mass is 10.2. The molecule has 0 spiro atoms. The lowest BCUT2D eigenvalue weighted by molar-refractivity contribution is -0.131. The smallest absolute Gasteiger partial charge is 0.242 e. The fraction of sp³-hybridized carbons (Fsp3) is 0.357. The Balaban J connectivity index is 2.21. The molecule has 0 aliphatic heterocycles. The second-order valence-electron chi connectivity index (χ2n) is 4.07. The van der Waals surface area contributed by atoms with E-state index in [9.17, 15) is 4.79 Å². The van der Waals surface area contributed by atoms with Crippen LogP contribution in [0.2, 0.25) is 0 Å². The lowest BCUT2D eigenvalue weighted by Gasteiger charge is -2.19. The quantitative estimate of drug-likeness (QED) is 0.792. The number of para-hydroxylation sites is 1. The Kier molecular flexibility index (Phi) is 3.47. The molecule has 0 radical (unpaired) electrons. The summed E-state index contributed by atoms with van der Waals surface area (Å²) >= 11 is 0. The van der Waals surface area contributed by atoms with Crippen LogP contribution < -0.4 is 0 Å². The first-order valence-electron chi connectivity index (χ1n) is 6.08. The third kappa shape index (κ3) is 2.33. The zero-order valence-electron chi connectivity index (χ0n) is 10.4. The minimum absolute atomic E-state index is 0.177. The van der Waals surface area contributed by atoms with Crippen LogP contribution in [0.4, 0.5) is 0 Å². The number of aromatic nitrogens is 1. The molecule has 0 saturated carbocycles. The van der Waals surface area contributed by atoms with E-state index in [1.807, 2.05) is 53.8 Å². The molecule has 0 bridgehead atoms. The van der Waals surface area contributed by atoms with E-state index in [1.165, 1.54) is 5.39 Å². The number of carbonyl (C=O) groups is 1. The molecule has 0 unspecified atom stereocenters. The first-order valence-corrected chi connectivity index (χ1v) is 6.08. The minimum Gasteiger partial charge on any atom is -0.342 e. The maximum absolute atomic E-state index is 12.0. The van der Waals surface area contributed by atoms with Gasteiger partial charge < -0.3 is 9.47 Å². The van der Waals surface area contributed by atoms with Gasteiger partial charge in [0.2, 0.25) is 5.91 Å². The summed E-state index contributed by atoms with van der Waals surface area (Å²) in [6.07, 6.45) is 1.98. The van der Waals surface area contributed by atoms with Crippen LogP contribution in [-0.2, 0) is 11.3 Å². The lowest BCUT2D eigenvalue weighted by Crippen LogP contribution is -2.33. The van der Waals surface area contributed by atoms with Crippen LogP contribution in [0.5, 0.6) is 0 Å². The Morgan fingerprint density at radius 3 is 2.59 bits per heavy atom. The largest absolute Gasteiger partial charge is 0.342 e. The van der Waals surface area contributed by atoms with Crippen LogP contribution in [-0.4, -0.2) is 28.5 Å². The molecule has 0 fully saturated rings. The predicted octanol–water partition coefficient (Wildman–Crippen LogP) is 2.51. The summed E-state index contributed by atoms with van der Waals surface area (Å²) in [7, 11) is 0. The Hall–Kier alpha value is -1.77. The van der Waals surface area contributed by atoms with E-state index in [1.54, 1.807) is 0 Å². The second-order valence-corrected chi connectivity index (χ2v) is 4.07. The molecule has 2 rings (SSSR count). The normalized spacial score (nSPS) is 10.7. The molecule has 0 N–H and O–H groups in total. The Morgan fingerprint density at radius 1 is 1.18 bits per heavy atom. The van der Waals surface area contributed by atoms with Crippen molar-refractivity contribution in [2.45, 2.75) is 20.4 Å². The molecule has 90 valence electrons. The number of fused-ring (bicyclic) bond motifs is 1. The zero-order valence-corrected chi connectivity index (χ0v) is 10.4. The van der Waals surface area contributed by atoms with Gasteiger partial charge in [-0.3, -0.25) is 4.79 Å². The third-order valence-corrected chi connectivity index (χ3v) is 3.10. The Morgan fingerprint density at radius 2 is 1.88 bits per heavy atom. The SMILES string of the molecule is CCN(CC)C(=O)Cn1ccc2ccccc21. The molecule has 0 saturated heterocycles. The number of rotatable bonds is 4. The number of likely N-dealkylation sites (N-methyl/N-ethyl adjacent to an activating group) is 1. The molecule has 1 aromatic heterocycles. The van der Waals surface area contributed by atoms with Crippen molar-refractivity contribution < 1.29 is 4.79 Å². The standard InChI is InChI=1S/C14H18N2O/c1-3-15(4-2)14(17)11-16-10-9-12-7-5-6-8-13(12)16/h5-10H,3-4,11H2,1-2H3. The summed E-state index contributed by atoms with van der Waals surface area (Å²) in [6.45, 7) is 5.99. The predicted molar refractivity (Wildman–Crippen MR) is 69.9 cm³/mol. The van der Waals surface area contributed by atoms with Crippen molar-refractivity contribution in [3.05, 3.63) is 36.5 Å². The number of carbonyl (C=O) groups excluding carboxylic acids is 1. The zero-order chi connectivity index (χ0) is 12.3.